The third-order valence-corrected chi connectivity index (χ3v) is 5.75. The van der Waals surface area contributed by atoms with E-state index < -0.39 is 12.1 Å². The Balaban J connectivity index is 1.51. The zero-order valence-electron chi connectivity index (χ0n) is 18.3. The van der Waals surface area contributed by atoms with Crippen LogP contribution < -0.4 is 10.6 Å². The van der Waals surface area contributed by atoms with Gasteiger partial charge in [0.05, 0.1) is 12.1 Å². The molecule has 0 bridgehead atoms. The van der Waals surface area contributed by atoms with Crippen molar-refractivity contribution in [2.24, 2.45) is 0 Å². The number of aryl methyl sites for hydroxylation is 2. The van der Waals surface area contributed by atoms with Crippen LogP contribution in [-0.2, 0) is 4.79 Å². The van der Waals surface area contributed by atoms with Crippen LogP contribution in [0.4, 0.5) is 10.5 Å². The van der Waals surface area contributed by atoms with Crippen LogP contribution in [0.3, 0.4) is 0 Å². The second-order valence-corrected chi connectivity index (χ2v) is 7.95. The third-order valence-electron chi connectivity index (χ3n) is 5.75. The van der Waals surface area contributed by atoms with E-state index in [1.165, 1.54) is 0 Å². The Labute approximate surface area is 183 Å². The highest BCUT2D eigenvalue weighted by atomic mass is 16.2. The molecule has 2 N–H and O–H groups in total. The van der Waals surface area contributed by atoms with E-state index in [4.69, 9.17) is 0 Å². The fourth-order valence-electron chi connectivity index (χ4n) is 3.87. The maximum Gasteiger partial charge on any atom is 0.325 e. The van der Waals surface area contributed by atoms with Crippen molar-refractivity contribution < 1.29 is 9.59 Å². The number of rotatable bonds is 5. The minimum atomic E-state index is -0.531. The van der Waals surface area contributed by atoms with Gasteiger partial charge in [0.25, 0.3) is 0 Å². The number of nitriles is 1. The normalized spacial score (nSPS) is 16.7. The van der Waals surface area contributed by atoms with Crippen LogP contribution in [0.5, 0.6) is 0 Å². The monoisotopic (exact) mass is 419 g/mol. The lowest BCUT2D eigenvalue weighted by atomic mass is 10.1. The molecule has 2 unspecified atom stereocenters. The number of carbonyl (C=O) groups is 2. The molecule has 3 amide bonds. The molecule has 0 aromatic heterocycles. The molecule has 7 nitrogen and oxygen atoms in total. The number of hydrogen-bond donors (Lipinski definition) is 2. The van der Waals surface area contributed by atoms with Gasteiger partial charge >= 0.3 is 6.03 Å². The van der Waals surface area contributed by atoms with Gasteiger partial charge in [-0.05, 0) is 38.0 Å². The predicted molar refractivity (Wildman–Crippen MR) is 120 cm³/mol. The average molecular weight is 420 g/mol. The number of anilines is 1. The summed E-state index contributed by atoms with van der Waals surface area (Å²) < 4.78 is 0. The number of imide groups is 1. The van der Waals surface area contributed by atoms with Gasteiger partial charge in [-0.1, -0.05) is 48.0 Å². The summed E-state index contributed by atoms with van der Waals surface area (Å²) in [6, 6.07) is 16.6. The summed E-state index contributed by atoms with van der Waals surface area (Å²) in [5.41, 5.74) is 3.71. The van der Waals surface area contributed by atoms with Crippen molar-refractivity contribution in [2.45, 2.75) is 32.9 Å². The fraction of sp³-hybridized carbons (Fsp3) is 0.375. The van der Waals surface area contributed by atoms with Gasteiger partial charge in [0.15, 0.2) is 0 Å². The number of benzene rings is 2. The number of piperazine rings is 1. The highest BCUT2D eigenvalue weighted by molar-refractivity contribution is 6.03. The van der Waals surface area contributed by atoms with Gasteiger partial charge in [0.1, 0.15) is 6.04 Å². The van der Waals surface area contributed by atoms with Gasteiger partial charge < -0.3 is 5.32 Å². The summed E-state index contributed by atoms with van der Waals surface area (Å²) in [6.45, 7) is 8.36. The van der Waals surface area contributed by atoms with Crippen LogP contribution in [0.15, 0.2) is 48.5 Å². The smallest absolute Gasteiger partial charge is 0.307 e. The number of carbonyl (C=O) groups excluding carboxylic acids is 2. The molecule has 7 heteroatoms. The van der Waals surface area contributed by atoms with Gasteiger partial charge in [0, 0.05) is 31.9 Å². The Kier molecular flexibility index (Phi) is 7.40. The number of hydrogen-bond acceptors (Lipinski definition) is 5. The first-order valence-electron chi connectivity index (χ1n) is 10.5. The SMILES string of the molecule is Cc1ccc(NC(=O)NC(=O)C(C)N2CCN(C(C#N)c3ccccc3)CC2)c(C)c1. The highest BCUT2D eigenvalue weighted by Crippen LogP contribution is 2.22. The molecule has 162 valence electrons. The van der Waals surface area contributed by atoms with Crippen LogP contribution in [0.2, 0.25) is 0 Å². The molecule has 2 aromatic carbocycles. The van der Waals surface area contributed by atoms with Gasteiger partial charge in [-0.25, -0.2) is 4.79 Å². The second-order valence-electron chi connectivity index (χ2n) is 7.95. The first kappa shape index (κ1) is 22.5. The Morgan fingerprint density at radius 2 is 1.65 bits per heavy atom. The van der Waals surface area contributed by atoms with Gasteiger partial charge in [0.2, 0.25) is 5.91 Å². The molecular formula is C24H29N5O2. The summed E-state index contributed by atoms with van der Waals surface area (Å²) in [4.78, 5) is 29.0. The molecule has 3 rings (SSSR count). The molecule has 2 aromatic rings. The van der Waals surface area contributed by atoms with E-state index in [1.54, 1.807) is 6.92 Å². The maximum atomic E-state index is 12.6. The van der Waals surface area contributed by atoms with Crippen molar-refractivity contribution in [3.05, 3.63) is 65.2 Å². The molecule has 0 spiro atoms. The van der Waals surface area contributed by atoms with Gasteiger partial charge in [-0.3, -0.25) is 19.9 Å². The molecule has 0 saturated carbocycles. The van der Waals surface area contributed by atoms with Crippen LogP contribution in [0.1, 0.15) is 29.7 Å². The van der Waals surface area contributed by atoms with Crippen LogP contribution >= 0.6 is 0 Å². The summed E-state index contributed by atoms with van der Waals surface area (Å²) >= 11 is 0. The molecule has 1 aliphatic heterocycles. The summed E-state index contributed by atoms with van der Waals surface area (Å²) in [6.07, 6.45) is 0. The van der Waals surface area contributed by atoms with E-state index in [0.29, 0.717) is 31.9 Å². The highest BCUT2D eigenvalue weighted by Gasteiger charge is 2.30. The lowest BCUT2D eigenvalue weighted by Crippen LogP contribution is -2.55. The topological polar surface area (TPSA) is 88.5 Å². The zero-order chi connectivity index (χ0) is 22.4. The Morgan fingerprint density at radius 1 is 1.00 bits per heavy atom. The molecule has 2 atom stereocenters. The summed E-state index contributed by atoms with van der Waals surface area (Å²) in [5, 5.41) is 14.8. The van der Waals surface area contributed by atoms with E-state index >= 15 is 0 Å². The van der Waals surface area contributed by atoms with E-state index in [9.17, 15) is 14.9 Å². The van der Waals surface area contributed by atoms with Crippen molar-refractivity contribution in [1.29, 1.82) is 5.26 Å². The number of urea groups is 1. The minimum absolute atomic E-state index is 0.295. The largest absolute Gasteiger partial charge is 0.325 e. The average Bonchev–Trinajstić information content (AvgIpc) is 2.77. The van der Waals surface area contributed by atoms with Crippen molar-refractivity contribution in [3.8, 4) is 6.07 Å². The van der Waals surface area contributed by atoms with E-state index in [2.05, 4.69) is 21.6 Å². The zero-order valence-corrected chi connectivity index (χ0v) is 18.3. The number of nitrogens with zero attached hydrogens (tertiary/aromatic N) is 3. The first-order valence-corrected chi connectivity index (χ1v) is 10.5. The van der Waals surface area contributed by atoms with Crippen LogP contribution in [0.25, 0.3) is 0 Å². The first-order chi connectivity index (χ1) is 14.9. The molecule has 1 heterocycles. The summed E-state index contributed by atoms with van der Waals surface area (Å²) in [5.74, 6) is -0.337. The lowest BCUT2D eigenvalue weighted by Gasteiger charge is -2.39. The molecule has 1 saturated heterocycles. The third kappa shape index (κ3) is 5.69. The number of amides is 3. The second kappa shape index (κ2) is 10.2. The standard InChI is InChI=1S/C24H29N5O2/c1-17-9-10-21(18(2)15-17)26-24(31)27-23(30)19(3)28-11-13-29(14-12-28)22(16-25)20-7-5-4-6-8-20/h4-10,15,19,22H,11-14H2,1-3H3,(H2,26,27,30,31). The van der Waals surface area contributed by atoms with Crippen molar-refractivity contribution in [1.82, 2.24) is 15.1 Å². The Bertz CT molecular complexity index is 962. The quantitative estimate of drug-likeness (QED) is 0.777. The van der Waals surface area contributed by atoms with Crippen molar-refractivity contribution in [3.63, 3.8) is 0 Å². The van der Waals surface area contributed by atoms with E-state index in [1.807, 2.05) is 67.3 Å². The lowest BCUT2D eigenvalue weighted by molar-refractivity contribution is -0.125. The molecule has 1 aliphatic rings. The fourth-order valence-corrected chi connectivity index (χ4v) is 3.87. The van der Waals surface area contributed by atoms with Crippen LogP contribution in [-0.4, -0.2) is 54.0 Å². The van der Waals surface area contributed by atoms with Crippen molar-refractivity contribution in [2.75, 3.05) is 31.5 Å². The van der Waals surface area contributed by atoms with E-state index in [-0.39, 0.29) is 11.9 Å². The molecular weight excluding hydrogens is 390 g/mol. The summed E-state index contributed by atoms with van der Waals surface area (Å²) in [7, 11) is 0. The van der Waals surface area contributed by atoms with Gasteiger partial charge in [-0.2, -0.15) is 5.26 Å². The number of nitrogens with one attached hydrogen (secondary N) is 2. The van der Waals surface area contributed by atoms with E-state index in [0.717, 1.165) is 16.7 Å². The molecule has 0 radical (unpaired) electrons. The molecule has 0 aliphatic carbocycles. The van der Waals surface area contributed by atoms with Gasteiger partial charge in [-0.15, -0.1) is 0 Å². The predicted octanol–water partition coefficient (Wildman–Crippen LogP) is 3.22. The maximum absolute atomic E-state index is 12.6. The Hall–Kier alpha value is -3.21. The van der Waals surface area contributed by atoms with Crippen LogP contribution in [0, 0.1) is 25.2 Å². The van der Waals surface area contributed by atoms with Crippen molar-refractivity contribution >= 4 is 17.6 Å². The minimum Gasteiger partial charge on any atom is -0.307 e. The molecule has 31 heavy (non-hydrogen) atoms. The Morgan fingerprint density at radius 3 is 2.26 bits per heavy atom. The molecule has 1 fully saturated rings.